The second-order valence-corrected chi connectivity index (χ2v) is 4.87. The van der Waals surface area contributed by atoms with Crippen molar-refractivity contribution in [1.29, 1.82) is 0 Å². The van der Waals surface area contributed by atoms with Crippen molar-refractivity contribution in [2.45, 2.75) is 51.5 Å². The SMILES string of the molecule is CCCCCC1CC(N)CC1C(=O)S. The molecule has 0 radical (unpaired) electrons. The Morgan fingerprint density at radius 2 is 2.14 bits per heavy atom. The van der Waals surface area contributed by atoms with E-state index < -0.39 is 0 Å². The van der Waals surface area contributed by atoms with Crippen molar-refractivity contribution >= 4 is 17.7 Å². The summed E-state index contributed by atoms with van der Waals surface area (Å²) in [6.07, 6.45) is 6.74. The van der Waals surface area contributed by atoms with Crippen molar-refractivity contribution in [3.05, 3.63) is 0 Å². The van der Waals surface area contributed by atoms with Crippen LogP contribution in [0, 0.1) is 11.8 Å². The lowest BCUT2D eigenvalue weighted by molar-refractivity contribution is -0.115. The molecule has 3 atom stereocenters. The van der Waals surface area contributed by atoms with Crippen LogP contribution in [0.2, 0.25) is 0 Å². The monoisotopic (exact) mass is 215 g/mol. The molecule has 0 heterocycles. The molecule has 0 aromatic heterocycles. The van der Waals surface area contributed by atoms with Gasteiger partial charge in [-0.25, -0.2) is 0 Å². The summed E-state index contributed by atoms with van der Waals surface area (Å²) in [6.45, 7) is 2.20. The molecule has 1 fully saturated rings. The lowest BCUT2D eigenvalue weighted by atomic mass is 9.92. The standard InChI is InChI=1S/C11H21NOS/c1-2-3-4-5-8-6-9(12)7-10(8)11(13)14/h8-10H,2-7,12H2,1H3,(H,13,14). The largest absolute Gasteiger partial charge is 0.328 e. The summed E-state index contributed by atoms with van der Waals surface area (Å²) in [4.78, 5) is 11.2. The Hall–Kier alpha value is -0.0200. The lowest BCUT2D eigenvalue weighted by Gasteiger charge is -2.15. The van der Waals surface area contributed by atoms with Crippen LogP contribution in [0.1, 0.15) is 45.4 Å². The van der Waals surface area contributed by atoms with Crippen LogP contribution in [0.5, 0.6) is 0 Å². The van der Waals surface area contributed by atoms with E-state index in [1.54, 1.807) is 0 Å². The number of nitrogens with two attached hydrogens (primary N) is 1. The second kappa shape index (κ2) is 5.76. The van der Waals surface area contributed by atoms with E-state index in [4.69, 9.17) is 5.73 Å². The fourth-order valence-corrected chi connectivity index (χ4v) is 2.76. The zero-order valence-corrected chi connectivity index (χ0v) is 9.80. The quantitative estimate of drug-likeness (QED) is 0.546. The normalized spacial score (nSPS) is 32.1. The molecule has 0 aromatic carbocycles. The summed E-state index contributed by atoms with van der Waals surface area (Å²) in [5.41, 5.74) is 5.87. The van der Waals surface area contributed by atoms with Gasteiger partial charge in [-0.15, -0.1) is 12.6 Å². The summed E-state index contributed by atoms with van der Waals surface area (Å²) >= 11 is 3.94. The Labute approximate surface area is 92.0 Å². The number of hydrogen-bond donors (Lipinski definition) is 2. The molecule has 1 aliphatic carbocycles. The Balaban J connectivity index is 2.37. The van der Waals surface area contributed by atoms with Crippen molar-refractivity contribution in [3.63, 3.8) is 0 Å². The van der Waals surface area contributed by atoms with Gasteiger partial charge in [0, 0.05) is 12.0 Å². The molecule has 0 spiro atoms. The van der Waals surface area contributed by atoms with E-state index in [-0.39, 0.29) is 17.1 Å². The molecule has 0 saturated heterocycles. The first-order valence-electron chi connectivity index (χ1n) is 5.63. The third kappa shape index (κ3) is 3.28. The maximum absolute atomic E-state index is 11.2. The van der Waals surface area contributed by atoms with E-state index in [1.807, 2.05) is 0 Å². The van der Waals surface area contributed by atoms with Crippen molar-refractivity contribution in [2.24, 2.45) is 17.6 Å². The molecule has 0 aliphatic heterocycles. The molecule has 0 amide bonds. The molecule has 1 aliphatic rings. The Bertz CT molecular complexity index is 196. The number of thiol groups is 1. The van der Waals surface area contributed by atoms with Gasteiger partial charge in [-0.1, -0.05) is 26.2 Å². The van der Waals surface area contributed by atoms with Gasteiger partial charge in [-0.05, 0) is 25.2 Å². The number of unbranched alkanes of at least 4 members (excludes halogenated alkanes) is 2. The molecular formula is C11H21NOS. The lowest BCUT2D eigenvalue weighted by Crippen LogP contribution is -2.16. The summed E-state index contributed by atoms with van der Waals surface area (Å²) in [5.74, 6) is 0.631. The van der Waals surface area contributed by atoms with Crippen molar-refractivity contribution < 1.29 is 4.79 Å². The molecule has 1 saturated carbocycles. The van der Waals surface area contributed by atoms with Gasteiger partial charge in [0.1, 0.15) is 0 Å². The second-order valence-electron chi connectivity index (χ2n) is 4.43. The minimum absolute atomic E-state index is 0.0412. The fraction of sp³-hybridized carbons (Fsp3) is 0.909. The van der Waals surface area contributed by atoms with Gasteiger partial charge in [0.05, 0.1) is 0 Å². The van der Waals surface area contributed by atoms with Crippen molar-refractivity contribution in [2.75, 3.05) is 0 Å². The highest BCUT2D eigenvalue weighted by atomic mass is 32.1. The number of carbonyl (C=O) groups is 1. The highest BCUT2D eigenvalue weighted by molar-refractivity contribution is 7.96. The predicted octanol–water partition coefficient (Wildman–Crippen LogP) is 2.38. The number of hydrogen-bond acceptors (Lipinski definition) is 2. The first-order chi connectivity index (χ1) is 6.65. The molecule has 3 heteroatoms. The zero-order valence-electron chi connectivity index (χ0n) is 8.91. The van der Waals surface area contributed by atoms with Crippen LogP contribution < -0.4 is 5.73 Å². The highest BCUT2D eigenvalue weighted by Crippen LogP contribution is 2.36. The van der Waals surface area contributed by atoms with Crippen LogP contribution in [0.4, 0.5) is 0 Å². The van der Waals surface area contributed by atoms with Gasteiger partial charge in [-0.2, -0.15) is 0 Å². The molecule has 1 rings (SSSR count). The third-order valence-corrected chi connectivity index (χ3v) is 3.56. The number of carbonyl (C=O) groups excluding carboxylic acids is 1. The van der Waals surface area contributed by atoms with Gasteiger partial charge in [0.15, 0.2) is 5.12 Å². The van der Waals surface area contributed by atoms with E-state index in [2.05, 4.69) is 19.6 Å². The Morgan fingerprint density at radius 1 is 1.43 bits per heavy atom. The molecule has 2 nitrogen and oxygen atoms in total. The summed E-state index contributed by atoms with van der Waals surface area (Å²) in [5, 5.41) is 0.0412. The third-order valence-electron chi connectivity index (χ3n) is 3.23. The van der Waals surface area contributed by atoms with Crippen LogP contribution in [0.15, 0.2) is 0 Å². The van der Waals surface area contributed by atoms with Crippen LogP contribution in [0.25, 0.3) is 0 Å². The zero-order chi connectivity index (χ0) is 10.6. The van der Waals surface area contributed by atoms with Crippen LogP contribution >= 0.6 is 12.6 Å². The molecule has 3 unspecified atom stereocenters. The molecule has 2 N–H and O–H groups in total. The minimum atomic E-state index is 0.0412. The average Bonchev–Trinajstić information content (AvgIpc) is 2.47. The van der Waals surface area contributed by atoms with Gasteiger partial charge in [0.2, 0.25) is 0 Å². The predicted molar refractivity (Wildman–Crippen MR) is 62.3 cm³/mol. The van der Waals surface area contributed by atoms with Gasteiger partial charge >= 0.3 is 0 Å². The first kappa shape index (κ1) is 12.1. The van der Waals surface area contributed by atoms with E-state index in [0.29, 0.717) is 5.92 Å². The highest BCUT2D eigenvalue weighted by Gasteiger charge is 2.35. The first-order valence-corrected chi connectivity index (χ1v) is 6.08. The smallest absolute Gasteiger partial charge is 0.189 e. The maximum Gasteiger partial charge on any atom is 0.189 e. The molecule has 0 bridgehead atoms. The Morgan fingerprint density at radius 3 is 2.71 bits per heavy atom. The molecule has 14 heavy (non-hydrogen) atoms. The average molecular weight is 215 g/mol. The summed E-state index contributed by atoms with van der Waals surface area (Å²) in [6, 6.07) is 0.225. The van der Waals surface area contributed by atoms with Gasteiger partial charge in [-0.3, -0.25) is 4.79 Å². The fourth-order valence-electron chi connectivity index (χ4n) is 2.45. The topological polar surface area (TPSA) is 43.1 Å². The van der Waals surface area contributed by atoms with Crippen molar-refractivity contribution in [1.82, 2.24) is 0 Å². The van der Waals surface area contributed by atoms with Crippen molar-refractivity contribution in [3.8, 4) is 0 Å². The molecule has 82 valence electrons. The van der Waals surface area contributed by atoms with Crippen LogP contribution in [0.3, 0.4) is 0 Å². The van der Waals surface area contributed by atoms with Gasteiger partial charge < -0.3 is 5.73 Å². The summed E-state index contributed by atoms with van der Waals surface area (Å²) in [7, 11) is 0. The van der Waals surface area contributed by atoms with E-state index in [9.17, 15) is 4.79 Å². The van der Waals surface area contributed by atoms with E-state index >= 15 is 0 Å². The van der Waals surface area contributed by atoms with E-state index in [0.717, 1.165) is 19.3 Å². The van der Waals surface area contributed by atoms with E-state index in [1.165, 1.54) is 19.3 Å². The van der Waals surface area contributed by atoms with Crippen LogP contribution in [-0.2, 0) is 4.79 Å². The summed E-state index contributed by atoms with van der Waals surface area (Å²) < 4.78 is 0. The number of rotatable bonds is 5. The van der Waals surface area contributed by atoms with Crippen LogP contribution in [-0.4, -0.2) is 11.2 Å². The maximum atomic E-state index is 11.2. The molecular weight excluding hydrogens is 194 g/mol. The molecule has 0 aromatic rings. The van der Waals surface area contributed by atoms with Gasteiger partial charge in [0.25, 0.3) is 0 Å². The minimum Gasteiger partial charge on any atom is -0.328 e. The Kier molecular flexibility index (Phi) is 4.96.